The summed E-state index contributed by atoms with van der Waals surface area (Å²) in [5.74, 6) is 2.87. The second kappa shape index (κ2) is 6.33. The summed E-state index contributed by atoms with van der Waals surface area (Å²) in [7, 11) is -3.61. The van der Waals surface area contributed by atoms with Crippen molar-refractivity contribution in [2.75, 3.05) is 11.3 Å². The van der Waals surface area contributed by atoms with Crippen LogP contribution in [-0.4, -0.2) is 15.0 Å². The Morgan fingerprint density at radius 3 is 2.57 bits per heavy atom. The van der Waals surface area contributed by atoms with Gasteiger partial charge in [-0.2, -0.15) is 0 Å². The van der Waals surface area contributed by atoms with Crippen molar-refractivity contribution in [3.05, 3.63) is 54.1 Å². The Labute approximate surface area is 124 Å². The Bertz CT molecular complexity index is 759. The molecule has 0 heterocycles. The Hall–Kier alpha value is -2.45. The molecule has 0 unspecified atom stereocenters. The first-order valence-electron chi connectivity index (χ1n) is 6.27. The summed E-state index contributed by atoms with van der Waals surface area (Å²) in [6.07, 6.45) is 5.12. The van der Waals surface area contributed by atoms with Crippen molar-refractivity contribution in [2.24, 2.45) is 0 Å². The Balaban J connectivity index is 2.20. The molecule has 0 fully saturated rings. The lowest BCUT2D eigenvalue weighted by molar-refractivity contribution is 0.370. The Morgan fingerprint density at radius 2 is 1.90 bits per heavy atom. The van der Waals surface area contributed by atoms with Crippen LogP contribution in [0.25, 0.3) is 0 Å². The predicted molar refractivity (Wildman–Crippen MR) is 82.8 cm³/mol. The molecular weight excluding hydrogens is 286 g/mol. The third-order valence-corrected chi connectivity index (χ3v) is 4.14. The highest BCUT2D eigenvalue weighted by atomic mass is 32.2. The van der Waals surface area contributed by atoms with E-state index in [1.165, 1.54) is 0 Å². The van der Waals surface area contributed by atoms with Gasteiger partial charge in [-0.25, -0.2) is 8.42 Å². The van der Waals surface area contributed by atoms with Gasteiger partial charge in [0.15, 0.2) is 0 Å². The first-order valence-corrected chi connectivity index (χ1v) is 7.75. The summed E-state index contributed by atoms with van der Waals surface area (Å²) in [6.45, 7) is 2.03. The Morgan fingerprint density at radius 1 is 1.19 bits per heavy atom. The van der Waals surface area contributed by atoms with E-state index in [2.05, 4.69) is 10.6 Å². The minimum atomic E-state index is -3.61. The first kappa shape index (κ1) is 14.9. The molecule has 2 rings (SSSR count). The molecule has 1 N–H and O–H groups in total. The van der Waals surface area contributed by atoms with Crippen LogP contribution in [0.2, 0.25) is 0 Å². The lowest BCUT2D eigenvalue weighted by Crippen LogP contribution is -2.12. The lowest BCUT2D eigenvalue weighted by Gasteiger charge is -2.10. The summed E-state index contributed by atoms with van der Waals surface area (Å²) < 4.78 is 32.3. The average Bonchev–Trinajstić information content (AvgIpc) is 2.45. The zero-order valence-electron chi connectivity index (χ0n) is 11.5. The van der Waals surface area contributed by atoms with Gasteiger partial charge in [0.2, 0.25) is 0 Å². The number of hydrogen-bond acceptors (Lipinski definition) is 3. The highest BCUT2D eigenvalue weighted by Gasteiger charge is 2.13. The van der Waals surface area contributed by atoms with Crippen molar-refractivity contribution < 1.29 is 13.2 Å². The fraction of sp³-hybridized carbons (Fsp3) is 0.125. The van der Waals surface area contributed by atoms with Gasteiger partial charge in [0.1, 0.15) is 12.4 Å². The highest BCUT2D eigenvalue weighted by molar-refractivity contribution is 7.92. The maximum Gasteiger partial charge on any atom is 0.261 e. The number of terminal acetylenes is 1. The highest BCUT2D eigenvalue weighted by Crippen LogP contribution is 2.21. The van der Waals surface area contributed by atoms with Gasteiger partial charge in [0, 0.05) is 6.07 Å². The fourth-order valence-electron chi connectivity index (χ4n) is 1.71. The number of hydrogen-bond donors (Lipinski definition) is 1. The molecular formula is C16H15NO3S. The maximum atomic E-state index is 12.3. The molecule has 0 radical (unpaired) electrons. The summed E-state index contributed by atoms with van der Waals surface area (Å²) in [4.78, 5) is 0.211. The molecule has 21 heavy (non-hydrogen) atoms. The molecule has 2 aromatic rings. The van der Waals surface area contributed by atoms with Crippen LogP contribution in [0.4, 0.5) is 5.69 Å². The zero-order valence-corrected chi connectivity index (χ0v) is 12.4. The standard InChI is InChI=1S/C16H15NO3S/c1-3-11-20-15-6-4-5-14(12-15)17-21(18,19)16-9-7-13(2)8-10-16/h1,4-10,12,17H,11H2,2H3. The average molecular weight is 301 g/mol. The molecule has 0 aliphatic rings. The SMILES string of the molecule is C#CCOc1cccc(NS(=O)(=O)c2ccc(C)cc2)c1. The van der Waals surface area contributed by atoms with Crippen LogP contribution in [0, 0.1) is 19.3 Å². The van der Waals surface area contributed by atoms with E-state index in [4.69, 9.17) is 11.2 Å². The number of ether oxygens (including phenoxy) is 1. The van der Waals surface area contributed by atoms with Crippen molar-refractivity contribution in [3.63, 3.8) is 0 Å². The van der Waals surface area contributed by atoms with Crippen LogP contribution in [0.1, 0.15) is 5.56 Å². The van der Waals surface area contributed by atoms with Crippen molar-refractivity contribution in [1.29, 1.82) is 0 Å². The summed E-state index contributed by atoms with van der Waals surface area (Å²) in [5, 5.41) is 0. The molecule has 0 saturated carbocycles. The van der Waals surface area contributed by atoms with E-state index in [1.54, 1.807) is 48.5 Å². The summed E-state index contributed by atoms with van der Waals surface area (Å²) in [5.41, 5.74) is 1.42. The van der Waals surface area contributed by atoms with Crippen LogP contribution in [-0.2, 0) is 10.0 Å². The number of rotatable bonds is 5. The minimum absolute atomic E-state index is 0.133. The number of anilines is 1. The van der Waals surface area contributed by atoms with Gasteiger partial charge in [-0.15, -0.1) is 6.42 Å². The number of nitrogens with one attached hydrogen (secondary N) is 1. The van der Waals surface area contributed by atoms with Crippen molar-refractivity contribution >= 4 is 15.7 Å². The predicted octanol–water partition coefficient (Wildman–Crippen LogP) is 2.81. The minimum Gasteiger partial charge on any atom is -0.481 e. The Kier molecular flexibility index (Phi) is 4.51. The molecule has 0 amide bonds. The molecule has 0 spiro atoms. The molecule has 0 atom stereocenters. The zero-order chi connectivity index (χ0) is 15.3. The van der Waals surface area contributed by atoms with E-state index in [-0.39, 0.29) is 11.5 Å². The smallest absolute Gasteiger partial charge is 0.261 e. The fourth-order valence-corrected chi connectivity index (χ4v) is 2.76. The third-order valence-electron chi connectivity index (χ3n) is 2.74. The van der Waals surface area contributed by atoms with E-state index >= 15 is 0 Å². The molecule has 0 aliphatic heterocycles. The van der Waals surface area contributed by atoms with Crippen molar-refractivity contribution in [3.8, 4) is 18.1 Å². The normalized spacial score (nSPS) is 10.7. The number of sulfonamides is 1. The van der Waals surface area contributed by atoms with E-state index in [0.717, 1.165) is 5.56 Å². The second-order valence-electron chi connectivity index (χ2n) is 4.44. The van der Waals surface area contributed by atoms with Crippen LogP contribution >= 0.6 is 0 Å². The van der Waals surface area contributed by atoms with Gasteiger partial charge in [-0.3, -0.25) is 4.72 Å². The van der Waals surface area contributed by atoms with Crippen molar-refractivity contribution in [1.82, 2.24) is 0 Å². The van der Waals surface area contributed by atoms with E-state index in [0.29, 0.717) is 11.4 Å². The third kappa shape index (κ3) is 4.01. The van der Waals surface area contributed by atoms with E-state index in [9.17, 15) is 8.42 Å². The second-order valence-corrected chi connectivity index (χ2v) is 6.12. The van der Waals surface area contributed by atoms with Crippen molar-refractivity contribution in [2.45, 2.75) is 11.8 Å². The molecule has 108 valence electrons. The molecule has 0 aromatic heterocycles. The lowest BCUT2D eigenvalue weighted by atomic mass is 10.2. The molecule has 4 nitrogen and oxygen atoms in total. The molecule has 0 bridgehead atoms. The van der Waals surface area contributed by atoms with Gasteiger partial charge < -0.3 is 4.74 Å². The quantitative estimate of drug-likeness (QED) is 0.864. The van der Waals surface area contributed by atoms with Gasteiger partial charge in [-0.1, -0.05) is 29.7 Å². The number of benzene rings is 2. The van der Waals surface area contributed by atoms with E-state index in [1.807, 2.05) is 6.92 Å². The summed E-state index contributed by atoms with van der Waals surface area (Å²) in [6, 6.07) is 13.3. The van der Waals surface area contributed by atoms with E-state index < -0.39 is 10.0 Å². The maximum absolute atomic E-state index is 12.3. The van der Waals surface area contributed by atoms with Crippen LogP contribution in [0.15, 0.2) is 53.4 Å². The van der Waals surface area contributed by atoms with Crippen LogP contribution in [0.3, 0.4) is 0 Å². The molecule has 5 heteroatoms. The molecule has 0 aliphatic carbocycles. The monoisotopic (exact) mass is 301 g/mol. The molecule has 2 aromatic carbocycles. The van der Waals surface area contributed by atoms with Gasteiger partial charge >= 0.3 is 0 Å². The van der Waals surface area contributed by atoms with Gasteiger partial charge in [0.05, 0.1) is 10.6 Å². The van der Waals surface area contributed by atoms with Crippen LogP contribution in [0.5, 0.6) is 5.75 Å². The van der Waals surface area contributed by atoms with Crippen LogP contribution < -0.4 is 9.46 Å². The van der Waals surface area contributed by atoms with Gasteiger partial charge in [0.25, 0.3) is 10.0 Å². The largest absolute Gasteiger partial charge is 0.481 e. The van der Waals surface area contributed by atoms with Gasteiger partial charge in [-0.05, 0) is 31.2 Å². The molecule has 0 saturated heterocycles. The topological polar surface area (TPSA) is 55.4 Å². The first-order chi connectivity index (χ1) is 10.0. The summed E-state index contributed by atoms with van der Waals surface area (Å²) >= 11 is 0. The number of aryl methyl sites for hydroxylation is 1.